The number of esters is 2. The minimum Gasteiger partial charge on any atom is -0.460 e. The first-order valence-electron chi connectivity index (χ1n) is 11.5. The normalized spacial score (nSPS) is 17.8. The summed E-state index contributed by atoms with van der Waals surface area (Å²) < 4.78 is 11.3. The van der Waals surface area contributed by atoms with Crippen molar-refractivity contribution in [3.05, 3.63) is 95.7 Å². The summed E-state index contributed by atoms with van der Waals surface area (Å²) in [4.78, 5) is 26.7. The first-order chi connectivity index (χ1) is 15.7. The molecule has 2 aromatic rings. The van der Waals surface area contributed by atoms with E-state index in [1.54, 1.807) is 0 Å². The van der Waals surface area contributed by atoms with Gasteiger partial charge in [0, 0.05) is 0 Å². The third-order valence-electron chi connectivity index (χ3n) is 5.95. The molecule has 0 aromatic heterocycles. The van der Waals surface area contributed by atoms with E-state index in [0.717, 1.165) is 23.1 Å². The van der Waals surface area contributed by atoms with Gasteiger partial charge in [0.05, 0.1) is 8.07 Å². The van der Waals surface area contributed by atoms with Crippen molar-refractivity contribution < 1.29 is 19.1 Å². The maximum absolute atomic E-state index is 13.3. The summed E-state index contributed by atoms with van der Waals surface area (Å²) in [7, 11) is -1.32. The van der Waals surface area contributed by atoms with Crippen molar-refractivity contribution in [3.8, 4) is 0 Å². The molecule has 1 aliphatic rings. The summed E-state index contributed by atoms with van der Waals surface area (Å²) in [5.41, 5.74) is 3.61. The van der Waals surface area contributed by atoms with E-state index in [-0.39, 0.29) is 25.6 Å². The highest BCUT2D eigenvalue weighted by molar-refractivity contribution is 6.80. The van der Waals surface area contributed by atoms with E-state index < -0.39 is 25.4 Å². The predicted molar refractivity (Wildman–Crippen MR) is 134 cm³/mol. The lowest BCUT2D eigenvalue weighted by atomic mass is 9.84. The first-order valence-corrected chi connectivity index (χ1v) is 15.0. The minimum atomic E-state index is -1.35. The molecule has 1 aliphatic carbocycles. The fourth-order valence-corrected chi connectivity index (χ4v) is 4.97. The summed E-state index contributed by atoms with van der Waals surface area (Å²) in [5, 5.41) is 0. The topological polar surface area (TPSA) is 52.6 Å². The van der Waals surface area contributed by atoms with E-state index in [0.29, 0.717) is 6.42 Å². The number of allylic oxidation sites excluding steroid dienone is 2. The summed E-state index contributed by atoms with van der Waals surface area (Å²) in [6.45, 7) is 11.3. The second kappa shape index (κ2) is 10.8. The molecule has 33 heavy (non-hydrogen) atoms. The standard InChI is InChI=1S/C28H34O4Si/c1-22-18-28(19-25(22)16-11-17-33(2,3)4,26(29)31-20-23-12-7-5-8-13-23)27(30)32-21-24-14-9-6-10-15-24/h5-15,17,25H,1,16,18-21H2,2-4H3/b17-11+. The molecule has 1 saturated carbocycles. The Morgan fingerprint density at radius 1 is 0.939 bits per heavy atom. The zero-order valence-electron chi connectivity index (χ0n) is 19.9. The van der Waals surface area contributed by atoms with E-state index in [9.17, 15) is 9.59 Å². The fraction of sp³-hybridized carbons (Fsp3) is 0.357. The Balaban J connectivity index is 1.76. The van der Waals surface area contributed by atoms with Gasteiger partial charge in [0.1, 0.15) is 13.2 Å². The SMILES string of the molecule is C=C1CC(C(=O)OCc2ccccc2)(C(=O)OCc2ccccc2)CC1C/C=C/[Si](C)(C)C. The molecule has 0 spiro atoms. The van der Waals surface area contributed by atoms with Crippen molar-refractivity contribution in [2.45, 2.75) is 52.1 Å². The summed E-state index contributed by atoms with van der Waals surface area (Å²) in [6, 6.07) is 19.0. The van der Waals surface area contributed by atoms with Gasteiger partial charge < -0.3 is 9.47 Å². The number of ether oxygens (including phenoxy) is 2. The molecule has 0 aliphatic heterocycles. The van der Waals surface area contributed by atoms with Crippen LogP contribution < -0.4 is 0 Å². The van der Waals surface area contributed by atoms with Crippen LogP contribution in [0.2, 0.25) is 19.6 Å². The van der Waals surface area contributed by atoms with E-state index in [2.05, 4.69) is 38.0 Å². The van der Waals surface area contributed by atoms with Gasteiger partial charge in [0.15, 0.2) is 5.41 Å². The van der Waals surface area contributed by atoms with E-state index in [1.165, 1.54) is 0 Å². The Morgan fingerprint density at radius 2 is 1.42 bits per heavy atom. The van der Waals surface area contributed by atoms with Crippen LogP contribution in [0.3, 0.4) is 0 Å². The highest BCUT2D eigenvalue weighted by atomic mass is 28.3. The molecule has 5 heteroatoms. The second-order valence-corrected chi connectivity index (χ2v) is 15.0. The van der Waals surface area contributed by atoms with Gasteiger partial charge in [-0.05, 0) is 36.3 Å². The molecule has 1 atom stereocenters. The van der Waals surface area contributed by atoms with Gasteiger partial charge in [-0.25, -0.2) is 0 Å². The lowest BCUT2D eigenvalue weighted by Crippen LogP contribution is -2.40. The Hall–Kier alpha value is -2.92. The molecule has 2 aromatic carbocycles. The van der Waals surface area contributed by atoms with Crippen LogP contribution in [0.1, 0.15) is 30.4 Å². The van der Waals surface area contributed by atoms with Crippen LogP contribution in [-0.2, 0) is 32.3 Å². The summed E-state index contributed by atoms with van der Waals surface area (Å²) in [5.74, 6) is -1.00. The number of rotatable bonds is 9. The van der Waals surface area contributed by atoms with Crippen LogP contribution >= 0.6 is 0 Å². The van der Waals surface area contributed by atoms with Crippen molar-refractivity contribution in [1.29, 1.82) is 0 Å². The number of benzene rings is 2. The molecular weight excluding hydrogens is 428 g/mol. The maximum Gasteiger partial charge on any atom is 0.324 e. The first kappa shape index (κ1) is 24.7. The quantitative estimate of drug-likeness (QED) is 0.191. The highest BCUT2D eigenvalue weighted by Crippen LogP contribution is 2.48. The van der Waals surface area contributed by atoms with Crippen LogP contribution in [0.15, 0.2) is 84.6 Å². The molecule has 174 valence electrons. The average molecular weight is 463 g/mol. The smallest absolute Gasteiger partial charge is 0.324 e. The zero-order chi connectivity index (χ0) is 23.9. The second-order valence-electron chi connectivity index (χ2n) is 9.95. The van der Waals surface area contributed by atoms with E-state index >= 15 is 0 Å². The van der Waals surface area contributed by atoms with Crippen LogP contribution in [0, 0.1) is 11.3 Å². The molecular formula is C28H34O4Si. The van der Waals surface area contributed by atoms with Gasteiger partial charge in [-0.15, -0.1) is 0 Å². The third-order valence-corrected chi connectivity index (χ3v) is 7.18. The molecule has 4 nitrogen and oxygen atoms in total. The Labute approximate surface area is 198 Å². The van der Waals surface area contributed by atoms with Crippen LogP contribution in [0.4, 0.5) is 0 Å². The van der Waals surface area contributed by atoms with Crippen molar-refractivity contribution in [2.75, 3.05) is 0 Å². The van der Waals surface area contributed by atoms with Gasteiger partial charge in [0.25, 0.3) is 0 Å². The third kappa shape index (κ3) is 6.78. The summed E-state index contributed by atoms with van der Waals surface area (Å²) >= 11 is 0. The van der Waals surface area contributed by atoms with Crippen molar-refractivity contribution >= 4 is 20.0 Å². The van der Waals surface area contributed by atoms with Gasteiger partial charge >= 0.3 is 11.9 Å². The fourth-order valence-electron chi connectivity index (χ4n) is 4.12. The van der Waals surface area contributed by atoms with E-state index in [4.69, 9.17) is 9.47 Å². The highest BCUT2D eigenvalue weighted by Gasteiger charge is 2.55. The number of carbonyl (C=O) groups is 2. The molecule has 1 fully saturated rings. The predicted octanol–water partition coefficient (Wildman–Crippen LogP) is 6.25. The van der Waals surface area contributed by atoms with E-state index in [1.807, 2.05) is 60.7 Å². The van der Waals surface area contributed by atoms with Gasteiger partial charge in [-0.2, -0.15) is 0 Å². The average Bonchev–Trinajstić information content (AvgIpc) is 3.14. The van der Waals surface area contributed by atoms with Crippen molar-refractivity contribution in [3.63, 3.8) is 0 Å². The molecule has 1 unspecified atom stereocenters. The van der Waals surface area contributed by atoms with Gasteiger partial charge in [-0.1, -0.05) is 104 Å². The van der Waals surface area contributed by atoms with Crippen molar-refractivity contribution in [1.82, 2.24) is 0 Å². The van der Waals surface area contributed by atoms with Crippen LogP contribution in [0.5, 0.6) is 0 Å². The molecule has 0 heterocycles. The molecule has 0 amide bonds. The Kier molecular flexibility index (Phi) is 8.09. The zero-order valence-corrected chi connectivity index (χ0v) is 20.9. The number of hydrogen-bond donors (Lipinski definition) is 0. The monoisotopic (exact) mass is 462 g/mol. The number of hydrogen-bond acceptors (Lipinski definition) is 4. The number of carbonyl (C=O) groups excluding carboxylic acids is 2. The minimum absolute atomic E-state index is 0.0474. The largest absolute Gasteiger partial charge is 0.460 e. The Morgan fingerprint density at radius 3 is 1.88 bits per heavy atom. The lowest BCUT2D eigenvalue weighted by molar-refractivity contribution is -0.174. The molecule has 3 rings (SSSR count). The molecule has 0 bridgehead atoms. The van der Waals surface area contributed by atoms with Crippen LogP contribution in [0.25, 0.3) is 0 Å². The van der Waals surface area contributed by atoms with Gasteiger partial charge in [-0.3, -0.25) is 9.59 Å². The molecule has 0 saturated heterocycles. The molecule has 0 N–H and O–H groups in total. The Bertz CT molecular complexity index is 934. The summed E-state index contributed by atoms with van der Waals surface area (Å²) in [6.07, 6.45) is 3.58. The molecule has 0 radical (unpaired) electrons. The van der Waals surface area contributed by atoms with Crippen LogP contribution in [-0.4, -0.2) is 20.0 Å². The maximum atomic E-state index is 13.3. The van der Waals surface area contributed by atoms with Crippen molar-refractivity contribution in [2.24, 2.45) is 11.3 Å². The van der Waals surface area contributed by atoms with Gasteiger partial charge in [0.2, 0.25) is 0 Å². The lowest BCUT2D eigenvalue weighted by Gasteiger charge is -2.25.